The van der Waals surface area contributed by atoms with E-state index in [1.807, 2.05) is 30.5 Å². The van der Waals surface area contributed by atoms with Crippen LogP contribution in [0.5, 0.6) is 0 Å². The van der Waals surface area contributed by atoms with Gasteiger partial charge in [-0.3, -0.25) is 9.20 Å². The molecule has 4 heterocycles. The van der Waals surface area contributed by atoms with E-state index in [4.69, 9.17) is 4.98 Å². The van der Waals surface area contributed by atoms with Gasteiger partial charge in [0.05, 0.1) is 21.6 Å². The Labute approximate surface area is 201 Å². The minimum Gasteiger partial charge on any atom is -0.308 e. The van der Waals surface area contributed by atoms with Gasteiger partial charge in [0.2, 0.25) is 11.6 Å². The molecule has 0 saturated carbocycles. The standard InChI is InChI=1S/C22H24N4OS.2BrH/c1-16-20(21(27)19-10-7-15-28-19)26-18-9-4-3-8-17(18)25(22(26)23-16)14-13-24-11-5-2-6-12-24;;/h3-4,7-10,15H,2,5-6,11-14H2,1H3;2*1H. The van der Waals surface area contributed by atoms with Crippen LogP contribution in [-0.2, 0) is 6.54 Å². The van der Waals surface area contributed by atoms with Crippen LogP contribution in [0.25, 0.3) is 16.8 Å². The third-order valence-corrected chi connectivity index (χ3v) is 6.61. The molecular weight excluding hydrogens is 528 g/mol. The number of thiophene rings is 1. The van der Waals surface area contributed by atoms with E-state index in [-0.39, 0.29) is 39.7 Å². The summed E-state index contributed by atoms with van der Waals surface area (Å²) in [6.45, 7) is 6.22. The van der Waals surface area contributed by atoms with E-state index < -0.39 is 0 Å². The van der Waals surface area contributed by atoms with Gasteiger partial charge in [-0.2, -0.15) is 0 Å². The highest BCUT2D eigenvalue weighted by Gasteiger charge is 2.24. The molecule has 0 aliphatic carbocycles. The Kier molecular flexibility index (Phi) is 7.55. The van der Waals surface area contributed by atoms with E-state index in [1.54, 1.807) is 0 Å². The van der Waals surface area contributed by atoms with Gasteiger partial charge in [0.1, 0.15) is 5.69 Å². The molecule has 0 N–H and O–H groups in total. The van der Waals surface area contributed by atoms with Gasteiger partial charge >= 0.3 is 0 Å². The van der Waals surface area contributed by atoms with Crippen molar-refractivity contribution in [1.82, 2.24) is 18.9 Å². The number of hydrogen-bond donors (Lipinski definition) is 0. The van der Waals surface area contributed by atoms with E-state index in [9.17, 15) is 4.79 Å². The van der Waals surface area contributed by atoms with E-state index in [2.05, 4.69) is 32.1 Å². The van der Waals surface area contributed by atoms with Gasteiger partial charge < -0.3 is 9.47 Å². The van der Waals surface area contributed by atoms with Crippen LogP contribution in [0.1, 0.15) is 40.3 Å². The number of fused-ring (bicyclic) bond motifs is 3. The number of likely N-dealkylation sites (tertiary alicyclic amines) is 1. The molecule has 1 fully saturated rings. The van der Waals surface area contributed by atoms with Crippen LogP contribution in [0.15, 0.2) is 41.8 Å². The van der Waals surface area contributed by atoms with Crippen LogP contribution in [0.4, 0.5) is 0 Å². The number of aryl methyl sites for hydroxylation is 1. The van der Waals surface area contributed by atoms with Crippen molar-refractivity contribution in [2.45, 2.75) is 32.7 Å². The molecule has 4 aromatic rings. The predicted molar refractivity (Wildman–Crippen MR) is 134 cm³/mol. The SMILES string of the molecule is Br.Br.Cc1nc2n(CCN3CCCCC3)c3ccccc3n2c1C(=O)c1cccs1. The molecule has 1 aliphatic heterocycles. The van der Waals surface area contributed by atoms with Gasteiger partial charge in [-0.15, -0.1) is 45.3 Å². The lowest BCUT2D eigenvalue weighted by atomic mass is 10.1. The molecule has 0 radical (unpaired) electrons. The Morgan fingerprint density at radius 1 is 1.00 bits per heavy atom. The molecule has 1 saturated heterocycles. The summed E-state index contributed by atoms with van der Waals surface area (Å²) < 4.78 is 4.34. The van der Waals surface area contributed by atoms with Gasteiger partial charge in [-0.25, -0.2) is 4.98 Å². The highest BCUT2D eigenvalue weighted by atomic mass is 79.9. The molecule has 30 heavy (non-hydrogen) atoms. The number of hydrogen-bond acceptors (Lipinski definition) is 4. The van der Waals surface area contributed by atoms with Crippen LogP contribution in [0.3, 0.4) is 0 Å². The minimum atomic E-state index is 0. The highest BCUT2D eigenvalue weighted by Crippen LogP contribution is 2.27. The molecule has 1 aromatic carbocycles. The van der Waals surface area contributed by atoms with Crippen molar-refractivity contribution < 1.29 is 4.79 Å². The number of para-hydroxylation sites is 2. The Hall–Kier alpha value is -1.48. The van der Waals surface area contributed by atoms with Gasteiger partial charge in [0.25, 0.3) is 0 Å². The third kappa shape index (κ3) is 4.02. The molecule has 0 unspecified atom stereocenters. The summed E-state index contributed by atoms with van der Waals surface area (Å²) in [6.07, 6.45) is 3.94. The van der Waals surface area contributed by atoms with Crippen LogP contribution < -0.4 is 0 Å². The number of benzene rings is 1. The maximum absolute atomic E-state index is 13.2. The summed E-state index contributed by atoms with van der Waals surface area (Å²) in [5, 5.41) is 1.95. The van der Waals surface area contributed by atoms with Gasteiger partial charge in [0.15, 0.2) is 0 Å². The Bertz CT molecular complexity index is 1140. The fraction of sp³-hybridized carbons (Fsp3) is 0.364. The van der Waals surface area contributed by atoms with Crippen LogP contribution in [0, 0.1) is 6.92 Å². The lowest BCUT2D eigenvalue weighted by Gasteiger charge is -2.26. The number of halogens is 2. The lowest BCUT2D eigenvalue weighted by Crippen LogP contribution is -2.32. The highest BCUT2D eigenvalue weighted by molar-refractivity contribution is 8.93. The summed E-state index contributed by atoms with van der Waals surface area (Å²) in [5.41, 5.74) is 3.68. The zero-order valence-corrected chi connectivity index (χ0v) is 21.2. The van der Waals surface area contributed by atoms with Crippen molar-refractivity contribution in [1.29, 1.82) is 0 Å². The van der Waals surface area contributed by atoms with Gasteiger partial charge in [0, 0.05) is 13.1 Å². The number of carbonyl (C=O) groups excluding carboxylic acids is 1. The second-order valence-electron chi connectivity index (χ2n) is 7.53. The summed E-state index contributed by atoms with van der Waals surface area (Å²) >= 11 is 1.48. The fourth-order valence-corrected chi connectivity index (χ4v) is 5.01. The first-order valence-corrected chi connectivity index (χ1v) is 10.9. The zero-order chi connectivity index (χ0) is 19.1. The first-order chi connectivity index (χ1) is 13.7. The van der Waals surface area contributed by atoms with Crippen molar-refractivity contribution in [2.24, 2.45) is 0 Å². The van der Waals surface area contributed by atoms with Crippen molar-refractivity contribution >= 4 is 67.9 Å². The molecule has 0 amide bonds. The van der Waals surface area contributed by atoms with Crippen molar-refractivity contribution in [3.63, 3.8) is 0 Å². The first kappa shape index (κ1) is 23.2. The number of nitrogens with zero attached hydrogens (tertiary/aromatic N) is 4. The molecule has 3 aromatic heterocycles. The van der Waals surface area contributed by atoms with Gasteiger partial charge in [-0.05, 0) is 56.4 Å². The average Bonchev–Trinajstić information content (AvgIpc) is 3.43. The second-order valence-corrected chi connectivity index (χ2v) is 8.48. The van der Waals surface area contributed by atoms with Crippen LogP contribution >= 0.6 is 45.3 Å². The van der Waals surface area contributed by atoms with Crippen molar-refractivity contribution in [3.05, 3.63) is 58.0 Å². The third-order valence-electron chi connectivity index (χ3n) is 5.74. The average molecular weight is 554 g/mol. The molecule has 0 bridgehead atoms. The number of ketones is 1. The lowest BCUT2D eigenvalue weighted by molar-refractivity contribution is 0.103. The topological polar surface area (TPSA) is 42.5 Å². The van der Waals surface area contributed by atoms with E-state index >= 15 is 0 Å². The molecule has 0 atom stereocenters. The number of imidazole rings is 2. The predicted octanol–water partition coefficient (Wildman–Crippen LogP) is 5.53. The number of carbonyl (C=O) groups is 1. The summed E-state index contributed by atoms with van der Waals surface area (Å²) in [5.74, 6) is 0.926. The molecule has 160 valence electrons. The molecule has 5 nitrogen and oxygen atoms in total. The summed E-state index contributed by atoms with van der Waals surface area (Å²) in [6, 6.07) is 12.1. The number of aromatic nitrogens is 3. The Balaban J connectivity index is 0.00000128. The molecular formula is C22H26Br2N4OS. The van der Waals surface area contributed by atoms with Crippen LogP contribution in [-0.4, -0.2) is 44.3 Å². The van der Waals surface area contributed by atoms with E-state index in [0.29, 0.717) is 5.69 Å². The van der Waals surface area contributed by atoms with Crippen LogP contribution in [0.2, 0.25) is 0 Å². The van der Waals surface area contributed by atoms with E-state index in [1.165, 1.54) is 43.7 Å². The fourth-order valence-electron chi connectivity index (χ4n) is 4.35. The molecule has 1 aliphatic rings. The van der Waals surface area contributed by atoms with Gasteiger partial charge in [-0.1, -0.05) is 24.6 Å². The minimum absolute atomic E-state index is 0. The maximum atomic E-state index is 13.2. The number of rotatable bonds is 5. The largest absolute Gasteiger partial charge is 0.308 e. The second kappa shape index (κ2) is 9.77. The molecule has 0 spiro atoms. The zero-order valence-electron chi connectivity index (χ0n) is 16.9. The monoisotopic (exact) mass is 552 g/mol. The summed E-state index contributed by atoms with van der Waals surface area (Å²) in [7, 11) is 0. The molecule has 8 heteroatoms. The normalized spacial score (nSPS) is 14.6. The van der Waals surface area contributed by atoms with Crippen molar-refractivity contribution in [3.8, 4) is 0 Å². The van der Waals surface area contributed by atoms with E-state index in [0.717, 1.165) is 40.5 Å². The Morgan fingerprint density at radius 3 is 2.43 bits per heavy atom. The summed E-state index contributed by atoms with van der Waals surface area (Å²) in [4.78, 5) is 21.3. The molecule has 5 rings (SSSR count). The first-order valence-electron chi connectivity index (χ1n) is 10.0. The Morgan fingerprint density at radius 2 is 1.73 bits per heavy atom. The maximum Gasteiger partial charge on any atom is 0.221 e. The smallest absolute Gasteiger partial charge is 0.221 e. The quantitative estimate of drug-likeness (QED) is 0.305. The number of piperidine rings is 1. The van der Waals surface area contributed by atoms with Crippen molar-refractivity contribution in [2.75, 3.05) is 19.6 Å².